The van der Waals surface area contributed by atoms with Gasteiger partial charge in [0.1, 0.15) is 11.3 Å². The van der Waals surface area contributed by atoms with Crippen LogP contribution in [0.1, 0.15) is 19.6 Å². The fourth-order valence-electron chi connectivity index (χ4n) is 2.00. The maximum atomic E-state index is 12.1. The van der Waals surface area contributed by atoms with Crippen molar-refractivity contribution in [3.05, 3.63) is 36.1 Å². The summed E-state index contributed by atoms with van der Waals surface area (Å²) in [6.45, 7) is 4.16. The van der Waals surface area contributed by atoms with Crippen molar-refractivity contribution in [1.82, 2.24) is 4.90 Å². The number of rotatable bonds is 4. The van der Waals surface area contributed by atoms with E-state index in [4.69, 9.17) is 10.2 Å². The first-order chi connectivity index (χ1) is 8.99. The van der Waals surface area contributed by atoms with Crippen LogP contribution in [0.4, 0.5) is 0 Å². The number of nitrogens with two attached hydrogens (primary N) is 1. The molecule has 4 heteroatoms. The zero-order valence-electron chi connectivity index (χ0n) is 11.6. The SMILES string of the molecule is CC(N)C(C)C(=O)N(C)Cc1cc2ccccc2o1. The van der Waals surface area contributed by atoms with Gasteiger partial charge in [0.15, 0.2) is 0 Å². The first-order valence-electron chi connectivity index (χ1n) is 6.47. The summed E-state index contributed by atoms with van der Waals surface area (Å²) in [6.07, 6.45) is 0. The summed E-state index contributed by atoms with van der Waals surface area (Å²) in [5, 5.41) is 1.05. The third-order valence-corrected chi connectivity index (χ3v) is 3.42. The highest BCUT2D eigenvalue weighted by Gasteiger charge is 2.21. The van der Waals surface area contributed by atoms with Crippen LogP contribution in [0.5, 0.6) is 0 Å². The molecule has 1 aromatic carbocycles. The zero-order chi connectivity index (χ0) is 14.0. The number of benzene rings is 1. The van der Waals surface area contributed by atoms with E-state index in [0.29, 0.717) is 6.54 Å². The molecule has 0 aliphatic carbocycles. The highest BCUT2D eigenvalue weighted by Crippen LogP contribution is 2.20. The lowest BCUT2D eigenvalue weighted by molar-refractivity contribution is -0.134. The molecule has 0 saturated heterocycles. The van der Waals surface area contributed by atoms with Crippen LogP contribution < -0.4 is 5.73 Å². The number of para-hydroxylation sites is 1. The Kier molecular flexibility index (Phi) is 3.90. The van der Waals surface area contributed by atoms with Gasteiger partial charge in [0.2, 0.25) is 5.91 Å². The number of carbonyl (C=O) groups excluding carboxylic acids is 1. The van der Waals surface area contributed by atoms with Crippen LogP contribution >= 0.6 is 0 Å². The van der Waals surface area contributed by atoms with E-state index in [2.05, 4.69) is 0 Å². The predicted molar refractivity (Wildman–Crippen MR) is 75.5 cm³/mol. The molecule has 2 unspecified atom stereocenters. The molecule has 0 aliphatic rings. The molecular weight excluding hydrogens is 240 g/mol. The van der Waals surface area contributed by atoms with Crippen molar-refractivity contribution in [2.24, 2.45) is 11.7 Å². The number of hydrogen-bond donors (Lipinski definition) is 1. The van der Waals surface area contributed by atoms with E-state index in [9.17, 15) is 4.79 Å². The highest BCUT2D eigenvalue weighted by molar-refractivity contribution is 5.80. The van der Waals surface area contributed by atoms with Crippen molar-refractivity contribution >= 4 is 16.9 Å². The fraction of sp³-hybridized carbons (Fsp3) is 0.400. The van der Waals surface area contributed by atoms with Crippen LogP contribution in [-0.4, -0.2) is 23.9 Å². The van der Waals surface area contributed by atoms with E-state index >= 15 is 0 Å². The van der Waals surface area contributed by atoms with Gasteiger partial charge in [0.05, 0.1) is 12.5 Å². The second-order valence-corrected chi connectivity index (χ2v) is 5.09. The molecule has 2 N–H and O–H groups in total. The third-order valence-electron chi connectivity index (χ3n) is 3.42. The Morgan fingerprint density at radius 1 is 1.37 bits per heavy atom. The first kappa shape index (κ1) is 13.6. The largest absolute Gasteiger partial charge is 0.459 e. The first-order valence-corrected chi connectivity index (χ1v) is 6.47. The quantitative estimate of drug-likeness (QED) is 0.918. The molecule has 0 saturated carbocycles. The number of amides is 1. The van der Waals surface area contributed by atoms with Crippen LogP contribution in [0, 0.1) is 5.92 Å². The van der Waals surface area contributed by atoms with Crippen LogP contribution in [0.2, 0.25) is 0 Å². The van der Waals surface area contributed by atoms with E-state index in [1.165, 1.54) is 0 Å². The lowest BCUT2D eigenvalue weighted by atomic mass is 10.0. The van der Waals surface area contributed by atoms with Gasteiger partial charge in [-0.25, -0.2) is 0 Å². The lowest BCUT2D eigenvalue weighted by Gasteiger charge is -2.22. The van der Waals surface area contributed by atoms with Gasteiger partial charge in [-0.15, -0.1) is 0 Å². The Balaban J connectivity index is 2.10. The number of hydrogen-bond acceptors (Lipinski definition) is 3. The molecule has 0 bridgehead atoms. The maximum absolute atomic E-state index is 12.1. The van der Waals surface area contributed by atoms with Gasteiger partial charge in [0, 0.05) is 18.5 Å². The van der Waals surface area contributed by atoms with Crippen molar-refractivity contribution in [2.45, 2.75) is 26.4 Å². The van der Waals surface area contributed by atoms with E-state index in [-0.39, 0.29) is 17.9 Å². The second-order valence-electron chi connectivity index (χ2n) is 5.09. The minimum absolute atomic E-state index is 0.0375. The van der Waals surface area contributed by atoms with Gasteiger partial charge in [-0.1, -0.05) is 25.1 Å². The number of fused-ring (bicyclic) bond motifs is 1. The van der Waals surface area contributed by atoms with Gasteiger partial charge in [-0.05, 0) is 19.1 Å². The standard InChI is InChI=1S/C15H20N2O2/c1-10(11(2)16)15(18)17(3)9-13-8-12-6-4-5-7-14(12)19-13/h4-8,10-11H,9,16H2,1-3H3. The molecule has 0 radical (unpaired) electrons. The lowest BCUT2D eigenvalue weighted by Crippen LogP contribution is -2.39. The number of furan rings is 1. The highest BCUT2D eigenvalue weighted by atomic mass is 16.3. The molecule has 2 aromatic rings. The summed E-state index contributed by atoms with van der Waals surface area (Å²) in [4.78, 5) is 13.8. The van der Waals surface area contributed by atoms with Gasteiger partial charge in [-0.2, -0.15) is 0 Å². The molecule has 2 atom stereocenters. The topological polar surface area (TPSA) is 59.5 Å². The third kappa shape index (κ3) is 2.96. The summed E-state index contributed by atoms with van der Waals surface area (Å²) in [7, 11) is 1.77. The van der Waals surface area contributed by atoms with Gasteiger partial charge in [0.25, 0.3) is 0 Å². The fourth-order valence-corrected chi connectivity index (χ4v) is 2.00. The van der Waals surface area contributed by atoms with Crippen LogP contribution in [0.3, 0.4) is 0 Å². The average Bonchev–Trinajstić information content (AvgIpc) is 2.78. The Bertz CT molecular complexity index is 541. The van der Waals surface area contributed by atoms with Crippen molar-refractivity contribution < 1.29 is 9.21 Å². The van der Waals surface area contributed by atoms with Crippen LogP contribution in [0.15, 0.2) is 34.7 Å². The number of nitrogens with zero attached hydrogens (tertiary/aromatic N) is 1. The summed E-state index contributed by atoms with van der Waals surface area (Å²) < 4.78 is 5.70. The van der Waals surface area contributed by atoms with E-state index in [1.807, 2.05) is 44.2 Å². The molecule has 102 valence electrons. The predicted octanol–water partition coefficient (Wildman–Crippen LogP) is 2.37. The summed E-state index contributed by atoms with van der Waals surface area (Å²) in [5.74, 6) is 0.638. The van der Waals surface area contributed by atoms with Crippen molar-refractivity contribution in [3.63, 3.8) is 0 Å². The minimum Gasteiger partial charge on any atom is -0.459 e. The molecule has 2 rings (SSSR count). The van der Waals surface area contributed by atoms with Crippen molar-refractivity contribution in [1.29, 1.82) is 0 Å². The van der Waals surface area contributed by atoms with Crippen LogP contribution in [-0.2, 0) is 11.3 Å². The Morgan fingerprint density at radius 3 is 2.68 bits per heavy atom. The molecule has 1 heterocycles. The molecule has 0 aliphatic heterocycles. The Labute approximate surface area is 113 Å². The van der Waals surface area contributed by atoms with E-state index in [1.54, 1.807) is 11.9 Å². The summed E-state index contributed by atoms with van der Waals surface area (Å²) in [6, 6.07) is 9.64. The Hall–Kier alpha value is -1.81. The molecule has 0 fully saturated rings. The number of carbonyl (C=O) groups is 1. The molecule has 4 nitrogen and oxygen atoms in total. The van der Waals surface area contributed by atoms with E-state index < -0.39 is 0 Å². The van der Waals surface area contributed by atoms with E-state index in [0.717, 1.165) is 16.7 Å². The van der Waals surface area contributed by atoms with Crippen molar-refractivity contribution in [3.8, 4) is 0 Å². The molecule has 19 heavy (non-hydrogen) atoms. The maximum Gasteiger partial charge on any atom is 0.227 e. The van der Waals surface area contributed by atoms with Crippen LogP contribution in [0.25, 0.3) is 11.0 Å². The molecule has 0 spiro atoms. The summed E-state index contributed by atoms with van der Waals surface area (Å²) >= 11 is 0. The summed E-state index contributed by atoms with van der Waals surface area (Å²) in [5.41, 5.74) is 6.60. The average molecular weight is 260 g/mol. The monoisotopic (exact) mass is 260 g/mol. The molecule has 1 amide bonds. The van der Waals surface area contributed by atoms with Gasteiger partial charge in [-0.3, -0.25) is 4.79 Å². The smallest absolute Gasteiger partial charge is 0.227 e. The zero-order valence-corrected chi connectivity index (χ0v) is 11.6. The molecule has 1 aromatic heterocycles. The van der Waals surface area contributed by atoms with Gasteiger partial charge >= 0.3 is 0 Å². The van der Waals surface area contributed by atoms with Crippen molar-refractivity contribution in [2.75, 3.05) is 7.05 Å². The van der Waals surface area contributed by atoms with Gasteiger partial charge < -0.3 is 15.1 Å². The minimum atomic E-state index is -0.186. The second kappa shape index (κ2) is 5.45. The normalized spacial score (nSPS) is 14.3. The molecular formula is C15H20N2O2. The Morgan fingerprint density at radius 2 is 2.05 bits per heavy atom.